The van der Waals surface area contributed by atoms with Crippen LogP contribution in [0.15, 0.2) is 0 Å². The van der Waals surface area contributed by atoms with Crippen LogP contribution in [0, 0.1) is 0 Å². The SMILES string of the molecule is CC1CNCCN1S. The molecule has 1 N–H and O–H groups in total. The Labute approximate surface area is 55.8 Å². The van der Waals surface area contributed by atoms with Crippen LogP contribution in [0.1, 0.15) is 6.92 Å². The van der Waals surface area contributed by atoms with Gasteiger partial charge < -0.3 is 5.32 Å². The van der Waals surface area contributed by atoms with Crippen molar-refractivity contribution < 1.29 is 0 Å². The highest BCUT2D eigenvalue weighted by molar-refractivity contribution is 7.77. The minimum Gasteiger partial charge on any atom is -0.314 e. The zero-order chi connectivity index (χ0) is 5.98. The molecule has 1 heterocycles. The zero-order valence-electron chi connectivity index (χ0n) is 5.09. The van der Waals surface area contributed by atoms with Gasteiger partial charge in [-0.25, -0.2) is 4.31 Å². The summed E-state index contributed by atoms with van der Waals surface area (Å²) in [4.78, 5) is 0. The summed E-state index contributed by atoms with van der Waals surface area (Å²) in [6.45, 7) is 5.38. The van der Waals surface area contributed by atoms with Gasteiger partial charge in [0.1, 0.15) is 0 Å². The van der Waals surface area contributed by atoms with Crippen LogP contribution < -0.4 is 5.32 Å². The summed E-state index contributed by atoms with van der Waals surface area (Å²) in [5.41, 5.74) is 0. The average molecular weight is 132 g/mol. The van der Waals surface area contributed by atoms with Crippen molar-refractivity contribution in [3.05, 3.63) is 0 Å². The van der Waals surface area contributed by atoms with Crippen LogP contribution in [0.3, 0.4) is 0 Å². The molecule has 2 nitrogen and oxygen atoms in total. The minimum atomic E-state index is 0.590. The van der Waals surface area contributed by atoms with Gasteiger partial charge in [0.25, 0.3) is 0 Å². The van der Waals surface area contributed by atoms with Crippen molar-refractivity contribution >= 4 is 12.8 Å². The van der Waals surface area contributed by atoms with E-state index in [2.05, 4.69) is 29.4 Å². The normalized spacial score (nSPS) is 33.0. The van der Waals surface area contributed by atoms with Gasteiger partial charge >= 0.3 is 0 Å². The number of nitrogens with one attached hydrogen (secondary N) is 1. The predicted molar refractivity (Wildman–Crippen MR) is 38.0 cm³/mol. The molecule has 1 atom stereocenters. The molecule has 0 spiro atoms. The van der Waals surface area contributed by atoms with E-state index in [4.69, 9.17) is 0 Å². The molecule has 1 fully saturated rings. The molecular weight excluding hydrogens is 120 g/mol. The molecule has 48 valence electrons. The van der Waals surface area contributed by atoms with Crippen LogP contribution in [-0.2, 0) is 0 Å². The summed E-state index contributed by atoms with van der Waals surface area (Å²) in [7, 11) is 0. The maximum absolute atomic E-state index is 4.25. The van der Waals surface area contributed by atoms with E-state index in [0.29, 0.717) is 6.04 Å². The van der Waals surface area contributed by atoms with Gasteiger partial charge in [-0.2, -0.15) is 0 Å². The van der Waals surface area contributed by atoms with E-state index in [1.54, 1.807) is 0 Å². The Morgan fingerprint density at radius 3 is 2.88 bits per heavy atom. The molecule has 8 heavy (non-hydrogen) atoms. The second kappa shape index (κ2) is 2.71. The van der Waals surface area contributed by atoms with E-state index in [9.17, 15) is 0 Å². The van der Waals surface area contributed by atoms with Crippen LogP contribution >= 0.6 is 12.8 Å². The number of thiol groups is 1. The molecule has 0 bridgehead atoms. The van der Waals surface area contributed by atoms with Crippen LogP contribution in [0.4, 0.5) is 0 Å². The first-order chi connectivity index (χ1) is 3.80. The Morgan fingerprint density at radius 2 is 2.50 bits per heavy atom. The van der Waals surface area contributed by atoms with Gasteiger partial charge in [0.15, 0.2) is 0 Å². The largest absolute Gasteiger partial charge is 0.314 e. The van der Waals surface area contributed by atoms with Crippen molar-refractivity contribution in [3.8, 4) is 0 Å². The van der Waals surface area contributed by atoms with Gasteiger partial charge in [-0.15, -0.1) is 0 Å². The highest BCUT2D eigenvalue weighted by Gasteiger charge is 2.12. The lowest BCUT2D eigenvalue weighted by atomic mass is 10.3. The summed E-state index contributed by atoms with van der Waals surface area (Å²) in [6.07, 6.45) is 0. The summed E-state index contributed by atoms with van der Waals surface area (Å²) in [6, 6.07) is 0.590. The topological polar surface area (TPSA) is 15.3 Å². The number of rotatable bonds is 0. The van der Waals surface area contributed by atoms with Crippen molar-refractivity contribution in [2.75, 3.05) is 19.6 Å². The number of hydrogen-bond acceptors (Lipinski definition) is 3. The third-order valence-electron chi connectivity index (χ3n) is 1.47. The molecular formula is C5H12N2S. The molecule has 0 aromatic carbocycles. The van der Waals surface area contributed by atoms with Crippen LogP contribution in [0.25, 0.3) is 0 Å². The fourth-order valence-corrected chi connectivity index (χ4v) is 1.01. The van der Waals surface area contributed by atoms with Gasteiger partial charge in [-0.05, 0) is 6.92 Å². The highest BCUT2D eigenvalue weighted by Crippen LogP contribution is 2.02. The van der Waals surface area contributed by atoms with E-state index >= 15 is 0 Å². The lowest BCUT2D eigenvalue weighted by Crippen LogP contribution is -2.44. The van der Waals surface area contributed by atoms with Gasteiger partial charge in [0.05, 0.1) is 0 Å². The Bertz CT molecular complexity index is 66.8. The third kappa shape index (κ3) is 1.37. The lowest BCUT2D eigenvalue weighted by Gasteiger charge is -2.28. The van der Waals surface area contributed by atoms with Crippen LogP contribution in [0.5, 0.6) is 0 Å². The smallest absolute Gasteiger partial charge is 0.0297 e. The average Bonchev–Trinajstić information content (AvgIpc) is 1.77. The van der Waals surface area contributed by atoms with Gasteiger partial charge in [-0.1, -0.05) is 12.8 Å². The third-order valence-corrected chi connectivity index (χ3v) is 2.06. The molecule has 3 heteroatoms. The summed E-state index contributed by atoms with van der Waals surface area (Å²) in [5.74, 6) is 0. The quantitative estimate of drug-likeness (QED) is 0.455. The number of nitrogens with zero attached hydrogens (tertiary/aromatic N) is 1. The molecule has 0 amide bonds. The molecule has 1 rings (SSSR count). The van der Waals surface area contributed by atoms with Crippen LogP contribution in [-0.4, -0.2) is 30.0 Å². The Balaban J connectivity index is 2.28. The van der Waals surface area contributed by atoms with Crippen molar-refractivity contribution in [1.82, 2.24) is 9.62 Å². The second-order valence-corrected chi connectivity index (χ2v) is 2.73. The van der Waals surface area contributed by atoms with Gasteiger partial charge in [0.2, 0.25) is 0 Å². The van der Waals surface area contributed by atoms with E-state index < -0.39 is 0 Å². The van der Waals surface area contributed by atoms with E-state index in [1.165, 1.54) is 0 Å². The fraction of sp³-hybridized carbons (Fsp3) is 1.00. The molecule has 0 saturated carbocycles. The molecule has 0 aromatic rings. The summed E-state index contributed by atoms with van der Waals surface area (Å²) in [5, 5.41) is 3.27. The summed E-state index contributed by atoms with van der Waals surface area (Å²) < 4.78 is 2.07. The standard InChI is InChI=1S/C5H12N2S/c1-5-4-6-2-3-7(5)8/h5-6,8H,2-4H2,1H3. The van der Waals surface area contributed by atoms with Gasteiger partial charge in [-0.3, -0.25) is 0 Å². The second-order valence-electron chi connectivity index (χ2n) is 2.22. The lowest BCUT2D eigenvalue weighted by molar-refractivity contribution is 0.313. The van der Waals surface area contributed by atoms with E-state index in [-0.39, 0.29) is 0 Å². The molecule has 1 unspecified atom stereocenters. The molecule has 0 radical (unpaired) electrons. The molecule has 0 aromatic heterocycles. The zero-order valence-corrected chi connectivity index (χ0v) is 5.99. The Morgan fingerprint density at radius 1 is 1.75 bits per heavy atom. The first kappa shape index (κ1) is 6.39. The van der Waals surface area contributed by atoms with Gasteiger partial charge in [0, 0.05) is 25.7 Å². The first-order valence-corrected chi connectivity index (χ1v) is 3.37. The minimum absolute atomic E-state index is 0.590. The Kier molecular flexibility index (Phi) is 2.16. The highest BCUT2D eigenvalue weighted by atomic mass is 32.1. The summed E-state index contributed by atoms with van der Waals surface area (Å²) >= 11 is 4.25. The molecule has 1 aliphatic heterocycles. The monoisotopic (exact) mass is 132 g/mol. The first-order valence-electron chi connectivity index (χ1n) is 2.97. The van der Waals surface area contributed by atoms with Crippen LogP contribution in [0.2, 0.25) is 0 Å². The maximum atomic E-state index is 4.25. The predicted octanol–water partition coefficient (Wildman–Crippen LogP) is 0.125. The molecule has 1 saturated heterocycles. The molecule has 0 aliphatic carbocycles. The molecule has 1 aliphatic rings. The van der Waals surface area contributed by atoms with Crippen molar-refractivity contribution in [2.45, 2.75) is 13.0 Å². The van der Waals surface area contributed by atoms with Crippen molar-refractivity contribution in [3.63, 3.8) is 0 Å². The van der Waals surface area contributed by atoms with Crippen molar-refractivity contribution in [1.29, 1.82) is 0 Å². The van der Waals surface area contributed by atoms with E-state index in [0.717, 1.165) is 19.6 Å². The maximum Gasteiger partial charge on any atom is 0.0297 e. The van der Waals surface area contributed by atoms with Crippen molar-refractivity contribution in [2.24, 2.45) is 0 Å². The number of hydrogen-bond donors (Lipinski definition) is 2. The fourth-order valence-electron chi connectivity index (χ4n) is 0.830. The number of piperazine rings is 1. The Hall–Kier alpha value is 0.270. The van der Waals surface area contributed by atoms with E-state index in [1.807, 2.05) is 0 Å².